The van der Waals surface area contributed by atoms with Gasteiger partial charge in [-0.15, -0.1) is 0 Å². The molecule has 4 rings (SSSR count). The quantitative estimate of drug-likeness (QED) is 0.700. The van der Waals surface area contributed by atoms with Crippen LogP contribution in [0.25, 0.3) is 0 Å². The van der Waals surface area contributed by atoms with Crippen molar-refractivity contribution in [3.63, 3.8) is 0 Å². The number of sulfonamides is 1. The summed E-state index contributed by atoms with van der Waals surface area (Å²) in [4.78, 5) is 21.6. The molecule has 1 aromatic heterocycles. The standard InChI is InChI=1S/C22H29N5O3S/c28-22(18-26-14-12-25(13-15-26)17-20-6-1-2-9-23-20)24-19-7-5-8-21(16-19)31(29,30)27-10-3-4-11-27/h1-2,5-9,16H,3-4,10-15,17-18H2,(H,24,28). The molecular weight excluding hydrogens is 414 g/mol. The van der Waals surface area contributed by atoms with Crippen molar-refractivity contribution in [2.75, 3.05) is 51.1 Å². The topological polar surface area (TPSA) is 85.9 Å². The normalized spacial score (nSPS) is 18.8. The molecule has 0 spiro atoms. The van der Waals surface area contributed by atoms with Gasteiger partial charge in [0.1, 0.15) is 0 Å². The number of pyridine rings is 1. The predicted octanol–water partition coefficient (Wildman–Crippen LogP) is 1.62. The molecule has 1 N–H and O–H groups in total. The maximum Gasteiger partial charge on any atom is 0.243 e. The fourth-order valence-corrected chi connectivity index (χ4v) is 5.61. The molecule has 2 saturated heterocycles. The smallest absolute Gasteiger partial charge is 0.243 e. The third kappa shape index (κ3) is 5.68. The van der Waals surface area contributed by atoms with Gasteiger partial charge in [-0.3, -0.25) is 19.6 Å². The second-order valence-corrected chi connectivity index (χ2v) is 10.00. The molecule has 2 aromatic rings. The van der Waals surface area contributed by atoms with E-state index in [1.807, 2.05) is 18.2 Å². The lowest BCUT2D eigenvalue weighted by Gasteiger charge is -2.34. The van der Waals surface area contributed by atoms with E-state index in [1.165, 1.54) is 4.31 Å². The number of hydrogen-bond donors (Lipinski definition) is 1. The number of rotatable bonds is 7. The van der Waals surface area contributed by atoms with Crippen molar-refractivity contribution in [1.82, 2.24) is 19.1 Å². The zero-order chi connectivity index (χ0) is 21.7. The third-order valence-electron chi connectivity index (χ3n) is 5.76. The average molecular weight is 444 g/mol. The molecule has 3 heterocycles. The summed E-state index contributed by atoms with van der Waals surface area (Å²) in [7, 11) is -3.50. The van der Waals surface area contributed by atoms with Crippen molar-refractivity contribution < 1.29 is 13.2 Å². The Morgan fingerprint density at radius 2 is 1.68 bits per heavy atom. The van der Waals surface area contributed by atoms with Gasteiger partial charge in [0.25, 0.3) is 0 Å². The number of aromatic nitrogens is 1. The van der Waals surface area contributed by atoms with E-state index in [4.69, 9.17) is 0 Å². The van der Waals surface area contributed by atoms with Crippen LogP contribution in [-0.2, 0) is 21.4 Å². The third-order valence-corrected chi connectivity index (χ3v) is 7.66. The first kappa shape index (κ1) is 21.9. The molecule has 9 heteroatoms. The number of benzene rings is 1. The van der Waals surface area contributed by atoms with Crippen LogP contribution >= 0.6 is 0 Å². The fraction of sp³-hybridized carbons (Fsp3) is 0.455. The zero-order valence-electron chi connectivity index (χ0n) is 17.6. The van der Waals surface area contributed by atoms with Crippen molar-refractivity contribution in [1.29, 1.82) is 0 Å². The summed E-state index contributed by atoms with van der Waals surface area (Å²) in [6.45, 7) is 5.62. The molecule has 0 atom stereocenters. The summed E-state index contributed by atoms with van der Waals surface area (Å²) < 4.78 is 27.0. The average Bonchev–Trinajstić information content (AvgIpc) is 3.32. The van der Waals surface area contributed by atoms with Crippen LogP contribution in [0.3, 0.4) is 0 Å². The van der Waals surface area contributed by atoms with Crippen LogP contribution < -0.4 is 5.32 Å². The summed E-state index contributed by atoms with van der Waals surface area (Å²) in [6, 6.07) is 12.5. The molecule has 2 aliphatic rings. The lowest BCUT2D eigenvalue weighted by Crippen LogP contribution is -2.48. The predicted molar refractivity (Wildman–Crippen MR) is 119 cm³/mol. The van der Waals surface area contributed by atoms with Crippen molar-refractivity contribution >= 4 is 21.6 Å². The minimum atomic E-state index is -3.50. The van der Waals surface area contributed by atoms with Gasteiger partial charge in [0, 0.05) is 57.7 Å². The Morgan fingerprint density at radius 3 is 2.39 bits per heavy atom. The van der Waals surface area contributed by atoms with E-state index in [0.29, 0.717) is 25.3 Å². The number of nitrogens with one attached hydrogen (secondary N) is 1. The molecule has 0 radical (unpaired) electrons. The second kappa shape index (κ2) is 9.86. The summed E-state index contributed by atoms with van der Waals surface area (Å²) in [6.07, 6.45) is 3.59. The van der Waals surface area contributed by atoms with E-state index < -0.39 is 10.0 Å². The minimum Gasteiger partial charge on any atom is -0.325 e. The summed E-state index contributed by atoms with van der Waals surface area (Å²) in [5, 5.41) is 2.86. The van der Waals surface area contributed by atoms with Gasteiger partial charge in [-0.1, -0.05) is 12.1 Å². The zero-order valence-corrected chi connectivity index (χ0v) is 18.4. The van der Waals surface area contributed by atoms with Gasteiger partial charge < -0.3 is 5.32 Å². The highest BCUT2D eigenvalue weighted by Gasteiger charge is 2.27. The summed E-state index contributed by atoms with van der Waals surface area (Å²) >= 11 is 0. The van der Waals surface area contributed by atoms with Crippen LogP contribution in [0.15, 0.2) is 53.6 Å². The van der Waals surface area contributed by atoms with Gasteiger partial charge in [0.2, 0.25) is 15.9 Å². The molecular formula is C22H29N5O3S. The maximum absolute atomic E-state index is 12.7. The summed E-state index contributed by atoms with van der Waals surface area (Å²) in [5.41, 5.74) is 1.57. The van der Waals surface area contributed by atoms with Crippen LogP contribution in [0, 0.1) is 0 Å². The van der Waals surface area contributed by atoms with Crippen LogP contribution in [0.5, 0.6) is 0 Å². The first-order valence-corrected chi connectivity index (χ1v) is 12.2. The highest BCUT2D eigenvalue weighted by molar-refractivity contribution is 7.89. The van der Waals surface area contributed by atoms with Crippen LogP contribution in [0.1, 0.15) is 18.5 Å². The number of nitrogens with zero attached hydrogens (tertiary/aromatic N) is 4. The number of carbonyl (C=O) groups excluding carboxylic acids is 1. The largest absolute Gasteiger partial charge is 0.325 e. The van der Waals surface area contributed by atoms with Gasteiger partial charge in [-0.25, -0.2) is 8.42 Å². The molecule has 0 aliphatic carbocycles. The lowest BCUT2D eigenvalue weighted by atomic mass is 10.2. The molecule has 1 amide bonds. The molecule has 2 fully saturated rings. The number of carbonyl (C=O) groups is 1. The Bertz CT molecular complexity index is 985. The Hall–Kier alpha value is -2.33. The van der Waals surface area contributed by atoms with E-state index in [-0.39, 0.29) is 10.8 Å². The van der Waals surface area contributed by atoms with Gasteiger partial charge in [0.15, 0.2) is 0 Å². The maximum atomic E-state index is 12.7. The van der Waals surface area contributed by atoms with E-state index in [2.05, 4.69) is 20.1 Å². The first-order chi connectivity index (χ1) is 15.0. The Kier molecular flexibility index (Phi) is 6.96. The Labute approximate surface area is 183 Å². The van der Waals surface area contributed by atoms with E-state index >= 15 is 0 Å². The highest BCUT2D eigenvalue weighted by Crippen LogP contribution is 2.23. The second-order valence-electron chi connectivity index (χ2n) is 8.06. The molecule has 8 nitrogen and oxygen atoms in total. The van der Waals surface area contributed by atoms with E-state index in [1.54, 1.807) is 30.5 Å². The van der Waals surface area contributed by atoms with E-state index in [9.17, 15) is 13.2 Å². The van der Waals surface area contributed by atoms with Crippen molar-refractivity contribution in [3.05, 3.63) is 54.4 Å². The number of anilines is 1. The molecule has 166 valence electrons. The van der Waals surface area contributed by atoms with Gasteiger partial charge in [-0.2, -0.15) is 4.31 Å². The van der Waals surface area contributed by atoms with Crippen LogP contribution in [-0.4, -0.2) is 79.2 Å². The number of hydrogen-bond acceptors (Lipinski definition) is 6. The number of piperazine rings is 1. The number of amides is 1. The lowest BCUT2D eigenvalue weighted by molar-refractivity contribution is -0.117. The molecule has 2 aliphatic heterocycles. The van der Waals surface area contributed by atoms with Crippen LogP contribution in [0.2, 0.25) is 0 Å². The van der Waals surface area contributed by atoms with Gasteiger partial charge in [-0.05, 0) is 43.2 Å². The fourth-order valence-electron chi connectivity index (χ4n) is 4.04. The highest BCUT2D eigenvalue weighted by atomic mass is 32.2. The molecule has 0 unspecified atom stereocenters. The molecule has 0 bridgehead atoms. The van der Waals surface area contributed by atoms with Crippen molar-refractivity contribution in [3.8, 4) is 0 Å². The SMILES string of the molecule is O=C(CN1CCN(Cc2ccccn2)CC1)Nc1cccc(S(=O)(=O)N2CCCC2)c1. The monoisotopic (exact) mass is 443 g/mol. The minimum absolute atomic E-state index is 0.131. The Balaban J connectivity index is 1.28. The van der Waals surface area contributed by atoms with Crippen molar-refractivity contribution in [2.24, 2.45) is 0 Å². The molecule has 0 saturated carbocycles. The van der Waals surface area contributed by atoms with Gasteiger partial charge in [0.05, 0.1) is 17.1 Å². The summed E-state index contributed by atoms with van der Waals surface area (Å²) in [5.74, 6) is -0.131. The van der Waals surface area contributed by atoms with E-state index in [0.717, 1.165) is 51.3 Å². The van der Waals surface area contributed by atoms with Crippen LogP contribution in [0.4, 0.5) is 5.69 Å². The van der Waals surface area contributed by atoms with Crippen molar-refractivity contribution in [2.45, 2.75) is 24.3 Å². The first-order valence-electron chi connectivity index (χ1n) is 10.8. The van der Waals surface area contributed by atoms with Gasteiger partial charge >= 0.3 is 0 Å². The Morgan fingerprint density at radius 1 is 0.935 bits per heavy atom. The molecule has 31 heavy (non-hydrogen) atoms. The molecule has 1 aromatic carbocycles.